The van der Waals surface area contributed by atoms with E-state index in [1.807, 2.05) is 6.26 Å². The molecule has 4 nitrogen and oxygen atoms in total. The lowest BCUT2D eigenvalue weighted by molar-refractivity contribution is -0.120. The number of rotatable bonds is 3. The molecule has 0 fully saturated rings. The summed E-state index contributed by atoms with van der Waals surface area (Å²) in [6, 6.07) is -0.248. The van der Waals surface area contributed by atoms with Crippen LogP contribution in [0.1, 0.15) is 6.42 Å². The van der Waals surface area contributed by atoms with E-state index in [1.165, 1.54) is 0 Å². The van der Waals surface area contributed by atoms with E-state index in [0.29, 0.717) is 0 Å². The van der Waals surface area contributed by atoms with Gasteiger partial charge in [-0.3, -0.25) is 10.1 Å². The lowest BCUT2D eigenvalue weighted by Crippen LogP contribution is -2.33. The number of carbonyl (C=O) groups excluding carboxylic acids is 1. The van der Waals surface area contributed by atoms with E-state index in [2.05, 4.69) is 10.3 Å². The Kier molecular flexibility index (Phi) is 2.76. The molecule has 1 aliphatic rings. The highest BCUT2D eigenvalue weighted by atomic mass is 32.2. The van der Waals surface area contributed by atoms with Crippen LogP contribution in [-0.2, 0) is 4.79 Å². The van der Waals surface area contributed by atoms with Crippen molar-refractivity contribution in [3.8, 4) is 0 Å². The van der Waals surface area contributed by atoms with Crippen molar-refractivity contribution in [1.82, 2.24) is 5.32 Å². The smallest absolute Gasteiger partial charge is 0.251 e. The van der Waals surface area contributed by atoms with Crippen molar-refractivity contribution in [2.75, 3.05) is 12.0 Å². The standard InChI is InChI=1S/C6H11N3OS/c1-11-3-2-4-5(10)9-6(7)8-4/h4H,2-3H2,1H3,(H3,7,8,9,10)/t4-/m1/s1. The topological polar surface area (TPSA) is 67.5 Å². The third-order valence-electron chi connectivity index (χ3n) is 1.44. The summed E-state index contributed by atoms with van der Waals surface area (Å²) in [4.78, 5) is 14.9. The van der Waals surface area contributed by atoms with Crippen LogP contribution in [0.2, 0.25) is 0 Å². The molecule has 0 spiro atoms. The Bertz CT molecular complexity index is 192. The molecule has 62 valence electrons. The van der Waals surface area contributed by atoms with Crippen molar-refractivity contribution >= 4 is 23.6 Å². The zero-order valence-electron chi connectivity index (χ0n) is 6.33. The van der Waals surface area contributed by atoms with Gasteiger partial charge >= 0.3 is 0 Å². The van der Waals surface area contributed by atoms with E-state index in [9.17, 15) is 4.79 Å². The lowest BCUT2D eigenvalue weighted by Gasteiger charge is -2.00. The molecule has 3 N–H and O–H groups in total. The Hall–Kier alpha value is -0.710. The number of aliphatic imine (C=N–C) groups is 1. The van der Waals surface area contributed by atoms with Crippen LogP contribution in [0.5, 0.6) is 0 Å². The first kappa shape index (κ1) is 8.39. The van der Waals surface area contributed by atoms with Crippen LogP contribution in [-0.4, -0.2) is 29.9 Å². The van der Waals surface area contributed by atoms with Crippen LogP contribution in [0.15, 0.2) is 4.99 Å². The number of nitrogens with zero attached hydrogens (tertiary/aromatic N) is 1. The largest absolute Gasteiger partial charge is 0.370 e. The van der Waals surface area contributed by atoms with Gasteiger partial charge in [-0.1, -0.05) is 0 Å². The molecule has 0 aromatic rings. The SMILES string of the molecule is CSCC[C@H]1N=C(N)NC1=O. The Morgan fingerprint density at radius 3 is 3.00 bits per heavy atom. The van der Waals surface area contributed by atoms with E-state index in [0.717, 1.165) is 12.2 Å². The molecule has 0 saturated carbocycles. The molecule has 11 heavy (non-hydrogen) atoms. The molecule has 1 amide bonds. The van der Waals surface area contributed by atoms with Gasteiger partial charge < -0.3 is 5.73 Å². The zero-order valence-corrected chi connectivity index (χ0v) is 7.15. The van der Waals surface area contributed by atoms with Crippen LogP contribution in [0.3, 0.4) is 0 Å². The van der Waals surface area contributed by atoms with Crippen LogP contribution < -0.4 is 11.1 Å². The monoisotopic (exact) mass is 173 g/mol. The molecule has 5 heteroatoms. The third-order valence-corrected chi connectivity index (χ3v) is 2.09. The summed E-state index contributed by atoms with van der Waals surface area (Å²) in [5, 5.41) is 2.46. The number of nitrogens with two attached hydrogens (primary N) is 1. The van der Waals surface area contributed by atoms with Gasteiger partial charge in [-0.25, -0.2) is 4.99 Å². The van der Waals surface area contributed by atoms with E-state index in [4.69, 9.17) is 5.73 Å². The van der Waals surface area contributed by atoms with Crippen LogP contribution in [0, 0.1) is 0 Å². The number of nitrogens with one attached hydrogen (secondary N) is 1. The maximum atomic E-state index is 11.0. The summed E-state index contributed by atoms with van der Waals surface area (Å²) in [5.74, 6) is 1.12. The van der Waals surface area contributed by atoms with Gasteiger partial charge in [0.25, 0.3) is 5.91 Å². The number of amides is 1. The first-order valence-electron chi connectivity index (χ1n) is 3.37. The maximum absolute atomic E-state index is 11.0. The molecular formula is C6H11N3OS. The summed E-state index contributed by atoms with van der Waals surface area (Å²) in [6.45, 7) is 0. The van der Waals surface area contributed by atoms with Gasteiger partial charge in [-0.2, -0.15) is 11.8 Å². The fourth-order valence-electron chi connectivity index (χ4n) is 0.893. The Balaban J connectivity index is 2.39. The van der Waals surface area contributed by atoms with Crippen molar-refractivity contribution in [1.29, 1.82) is 0 Å². The average molecular weight is 173 g/mol. The number of thioether (sulfide) groups is 1. The Morgan fingerprint density at radius 2 is 2.55 bits per heavy atom. The van der Waals surface area contributed by atoms with Crippen molar-refractivity contribution in [3.63, 3.8) is 0 Å². The molecule has 1 rings (SSSR count). The molecule has 0 saturated heterocycles. The minimum absolute atomic E-state index is 0.0726. The Morgan fingerprint density at radius 1 is 1.82 bits per heavy atom. The van der Waals surface area contributed by atoms with Crippen molar-refractivity contribution in [2.24, 2.45) is 10.7 Å². The van der Waals surface area contributed by atoms with Gasteiger partial charge in [0.1, 0.15) is 6.04 Å². The van der Waals surface area contributed by atoms with Crippen molar-refractivity contribution in [2.45, 2.75) is 12.5 Å². The van der Waals surface area contributed by atoms with Gasteiger partial charge in [-0.15, -0.1) is 0 Å². The lowest BCUT2D eigenvalue weighted by atomic mass is 10.2. The van der Waals surface area contributed by atoms with E-state index >= 15 is 0 Å². The van der Waals surface area contributed by atoms with Crippen molar-refractivity contribution in [3.05, 3.63) is 0 Å². The molecule has 0 aromatic heterocycles. The molecule has 1 atom stereocenters. The fraction of sp³-hybridized carbons (Fsp3) is 0.667. The summed E-state index contributed by atoms with van der Waals surface area (Å²) in [6.07, 6.45) is 2.77. The van der Waals surface area contributed by atoms with Crippen molar-refractivity contribution < 1.29 is 4.79 Å². The number of carbonyl (C=O) groups is 1. The number of hydrogen-bond acceptors (Lipinski definition) is 4. The predicted octanol–water partition coefficient (Wildman–Crippen LogP) is -0.447. The fourth-order valence-corrected chi connectivity index (χ4v) is 1.35. The van der Waals surface area contributed by atoms with E-state index < -0.39 is 0 Å². The van der Waals surface area contributed by atoms with E-state index in [1.54, 1.807) is 11.8 Å². The first-order valence-corrected chi connectivity index (χ1v) is 4.76. The van der Waals surface area contributed by atoms with Gasteiger partial charge in [0.15, 0.2) is 5.96 Å². The van der Waals surface area contributed by atoms with Crippen LogP contribution in [0.4, 0.5) is 0 Å². The maximum Gasteiger partial charge on any atom is 0.251 e. The summed E-state index contributed by atoms with van der Waals surface area (Å²) >= 11 is 1.70. The minimum atomic E-state index is -0.248. The minimum Gasteiger partial charge on any atom is -0.370 e. The van der Waals surface area contributed by atoms with Gasteiger partial charge in [-0.05, 0) is 18.4 Å². The molecule has 1 aliphatic heterocycles. The van der Waals surface area contributed by atoms with Gasteiger partial charge in [0, 0.05) is 0 Å². The zero-order chi connectivity index (χ0) is 8.27. The van der Waals surface area contributed by atoms with Crippen LogP contribution >= 0.6 is 11.8 Å². The molecule has 0 aliphatic carbocycles. The van der Waals surface area contributed by atoms with Gasteiger partial charge in [0.2, 0.25) is 0 Å². The normalized spacial score (nSPS) is 23.2. The first-order chi connectivity index (χ1) is 5.24. The third kappa shape index (κ3) is 2.11. The predicted molar refractivity (Wildman–Crippen MR) is 46.6 cm³/mol. The molecule has 0 aromatic carbocycles. The number of guanidine groups is 1. The van der Waals surface area contributed by atoms with E-state index in [-0.39, 0.29) is 17.9 Å². The second-order valence-corrected chi connectivity index (χ2v) is 3.29. The highest BCUT2D eigenvalue weighted by molar-refractivity contribution is 7.98. The highest BCUT2D eigenvalue weighted by Crippen LogP contribution is 2.07. The summed E-state index contributed by atoms with van der Waals surface area (Å²) in [5.41, 5.74) is 5.30. The summed E-state index contributed by atoms with van der Waals surface area (Å²) in [7, 11) is 0. The summed E-state index contributed by atoms with van der Waals surface area (Å²) < 4.78 is 0. The molecular weight excluding hydrogens is 162 g/mol. The van der Waals surface area contributed by atoms with Gasteiger partial charge in [0.05, 0.1) is 0 Å². The molecule has 0 bridgehead atoms. The number of hydrogen-bond donors (Lipinski definition) is 2. The molecule has 1 heterocycles. The average Bonchev–Trinajstić information content (AvgIpc) is 2.26. The highest BCUT2D eigenvalue weighted by Gasteiger charge is 2.23. The quantitative estimate of drug-likeness (QED) is 0.607. The second kappa shape index (κ2) is 3.61. The molecule has 0 unspecified atom stereocenters. The molecule has 0 radical (unpaired) electrons. The van der Waals surface area contributed by atoms with Crippen LogP contribution in [0.25, 0.3) is 0 Å². The second-order valence-electron chi connectivity index (χ2n) is 2.30. The Labute approximate surface area is 69.6 Å².